The monoisotopic (exact) mass is 216 g/mol. The van der Waals surface area contributed by atoms with Crippen LogP contribution in [0.5, 0.6) is 5.75 Å². The third kappa shape index (κ3) is 1.98. The Bertz CT molecular complexity index is 523. The molecule has 2 aromatic rings. The molecule has 1 heterocycles. The molecule has 0 spiro atoms. The van der Waals surface area contributed by atoms with Crippen LogP contribution in [0.4, 0.5) is 5.82 Å². The second-order valence-corrected chi connectivity index (χ2v) is 3.21. The Morgan fingerprint density at radius 2 is 2.00 bits per heavy atom. The van der Waals surface area contributed by atoms with Crippen LogP contribution in [0, 0.1) is 10.1 Å². The Morgan fingerprint density at radius 3 is 2.56 bits per heavy atom. The van der Waals surface area contributed by atoms with Crippen LogP contribution in [0.15, 0.2) is 42.6 Å². The normalized spacial score (nSPS) is 10.0. The number of hydrogen-bond donors (Lipinski definition) is 1. The minimum absolute atomic E-state index is 0.149. The molecule has 2 rings (SSSR count). The van der Waals surface area contributed by atoms with Crippen molar-refractivity contribution in [3.05, 3.63) is 52.7 Å². The van der Waals surface area contributed by atoms with Gasteiger partial charge in [0.15, 0.2) is 0 Å². The number of rotatable bonds is 2. The van der Waals surface area contributed by atoms with Crippen LogP contribution in [-0.4, -0.2) is 15.0 Å². The van der Waals surface area contributed by atoms with E-state index in [1.807, 2.05) is 0 Å². The molecule has 80 valence electrons. The standard InChI is InChI=1S/C11H8N2O3/c14-10-3-1-2-8(6-10)9-4-5-11(12-7-9)13(15)16/h1-7,14H. The minimum Gasteiger partial charge on any atom is -0.508 e. The first-order valence-electron chi connectivity index (χ1n) is 4.56. The van der Waals surface area contributed by atoms with Gasteiger partial charge < -0.3 is 15.2 Å². The SMILES string of the molecule is O=[N+]([O-])c1ccc(-c2cccc(O)c2)cn1. The van der Waals surface area contributed by atoms with E-state index in [4.69, 9.17) is 0 Å². The topological polar surface area (TPSA) is 76.3 Å². The van der Waals surface area contributed by atoms with Crippen LogP contribution in [-0.2, 0) is 0 Å². The second kappa shape index (κ2) is 3.98. The first-order chi connectivity index (χ1) is 7.66. The van der Waals surface area contributed by atoms with Gasteiger partial charge in [-0.25, -0.2) is 0 Å². The zero-order valence-electron chi connectivity index (χ0n) is 8.20. The number of hydrogen-bond acceptors (Lipinski definition) is 4. The Labute approximate surface area is 91.2 Å². The van der Waals surface area contributed by atoms with E-state index in [2.05, 4.69) is 4.98 Å². The van der Waals surface area contributed by atoms with Gasteiger partial charge in [0.05, 0.1) is 0 Å². The molecule has 0 fully saturated rings. The number of phenols is 1. The third-order valence-corrected chi connectivity index (χ3v) is 2.11. The molecule has 1 aromatic heterocycles. The Kier molecular flexibility index (Phi) is 2.51. The first-order valence-corrected chi connectivity index (χ1v) is 4.56. The maximum atomic E-state index is 10.4. The fourth-order valence-electron chi connectivity index (χ4n) is 1.35. The molecular weight excluding hydrogens is 208 g/mol. The molecule has 0 amide bonds. The third-order valence-electron chi connectivity index (χ3n) is 2.11. The van der Waals surface area contributed by atoms with Gasteiger partial charge in [0.2, 0.25) is 0 Å². The van der Waals surface area contributed by atoms with Gasteiger partial charge in [0.1, 0.15) is 11.9 Å². The number of benzene rings is 1. The van der Waals surface area contributed by atoms with Gasteiger partial charge in [-0.3, -0.25) is 0 Å². The zero-order chi connectivity index (χ0) is 11.5. The van der Waals surface area contributed by atoms with Crippen LogP contribution in [0.1, 0.15) is 0 Å². The summed E-state index contributed by atoms with van der Waals surface area (Å²) in [6.45, 7) is 0. The van der Waals surface area contributed by atoms with Gasteiger partial charge in [0.25, 0.3) is 0 Å². The van der Waals surface area contributed by atoms with Crippen molar-refractivity contribution in [1.29, 1.82) is 0 Å². The van der Waals surface area contributed by atoms with Gasteiger partial charge in [-0.1, -0.05) is 12.1 Å². The Balaban J connectivity index is 2.38. The number of aromatic hydroxyl groups is 1. The van der Waals surface area contributed by atoms with E-state index in [1.165, 1.54) is 12.3 Å². The van der Waals surface area contributed by atoms with E-state index >= 15 is 0 Å². The summed E-state index contributed by atoms with van der Waals surface area (Å²) in [5.41, 5.74) is 1.49. The van der Waals surface area contributed by atoms with E-state index < -0.39 is 4.92 Å². The highest BCUT2D eigenvalue weighted by molar-refractivity contribution is 5.64. The van der Waals surface area contributed by atoms with Crippen LogP contribution >= 0.6 is 0 Å². The summed E-state index contributed by atoms with van der Waals surface area (Å²) in [5, 5.41) is 19.7. The molecule has 0 atom stereocenters. The van der Waals surface area contributed by atoms with Gasteiger partial charge >= 0.3 is 5.82 Å². The molecule has 0 aliphatic carbocycles. The number of aromatic nitrogens is 1. The van der Waals surface area contributed by atoms with Crippen molar-refractivity contribution in [1.82, 2.24) is 4.98 Å². The summed E-state index contributed by atoms with van der Waals surface area (Å²) in [7, 11) is 0. The Hall–Kier alpha value is -2.43. The summed E-state index contributed by atoms with van der Waals surface area (Å²) in [5.74, 6) is -0.0419. The van der Waals surface area contributed by atoms with Crippen molar-refractivity contribution in [3.8, 4) is 16.9 Å². The van der Waals surface area contributed by atoms with Crippen LogP contribution in [0.25, 0.3) is 11.1 Å². The van der Waals surface area contributed by atoms with Gasteiger partial charge in [0, 0.05) is 11.6 Å². The van der Waals surface area contributed by atoms with Crippen molar-refractivity contribution < 1.29 is 10.0 Å². The predicted octanol–water partition coefficient (Wildman–Crippen LogP) is 2.36. The summed E-state index contributed by atoms with van der Waals surface area (Å²) in [6.07, 6.45) is 1.41. The van der Waals surface area contributed by atoms with Gasteiger partial charge in [-0.2, -0.15) is 0 Å². The molecule has 1 aromatic carbocycles. The minimum atomic E-state index is -0.549. The van der Waals surface area contributed by atoms with Crippen molar-refractivity contribution in [3.63, 3.8) is 0 Å². The molecule has 0 unspecified atom stereocenters. The molecule has 0 saturated heterocycles. The van der Waals surface area contributed by atoms with Crippen molar-refractivity contribution in [2.75, 3.05) is 0 Å². The lowest BCUT2D eigenvalue weighted by atomic mass is 10.1. The molecule has 16 heavy (non-hydrogen) atoms. The van der Waals surface area contributed by atoms with Crippen LogP contribution < -0.4 is 0 Å². The summed E-state index contributed by atoms with van der Waals surface area (Å²) in [4.78, 5) is 13.6. The fraction of sp³-hybridized carbons (Fsp3) is 0. The van der Waals surface area contributed by atoms with Crippen LogP contribution in [0.2, 0.25) is 0 Å². The maximum absolute atomic E-state index is 10.4. The molecule has 5 nitrogen and oxygen atoms in total. The van der Waals surface area contributed by atoms with E-state index in [0.29, 0.717) is 0 Å². The largest absolute Gasteiger partial charge is 0.508 e. The summed E-state index contributed by atoms with van der Waals surface area (Å²) < 4.78 is 0. The molecule has 0 bridgehead atoms. The smallest absolute Gasteiger partial charge is 0.363 e. The average Bonchev–Trinajstić information content (AvgIpc) is 2.29. The van der Waals surface area contributed by atoms with Crippen molar-refractivity contribution in [2.24, 2.45) is 0 Å². The number of phenolic OH excluding ortho intramolecular Hbond substituents is 1. The molecule has 1 N–H and O–H groups in total. The van der Waals surface area contributed by atoms with Crippen molar-refractivity contribution >= 4 is 5.82 Å². The number of nitrogens with zero attached hydrogens (tertiary/aromatic N) is 2. The second-order valence-electron chi connectivity index (χ2n) is 3.21. The first kappa shape index (κ1) is 10.1. The van der Waals surface area contributed by atoms with Gasteiger partial charge in [-0.05, 0) is 33.7 Å². The lowest BCUT2D eigenvalue weighted by Gasteiger charge is -1.99. The zero-order valence-corrected chi connectivity index (χ0v) is 8.20. The maximum Gasteiger partial charge on any atom is 0.363 e. The predicted molar refractivity (Wildman–Crippen MR) is 58.0 cm³/mol. The van der Waals surface area contributed by atoms with Gasteiger partial charge in [-0.15, -0.1) is 0 Å². The molecule has 0 radical (unpaired) electrons. The fourth-order valence-corrected chi connectivity index (χ4v) is 1.35. The van der Waals surface area contributed by atoms with E-state index in [9.17, 15) is 15.2 Å². The molecule has 0 saturated carbocycles. The lowest BCUT2D eigenvalue weighted by Crippen LogP contribution is -1.91. The quantitative estimate of drug-likeness (QED) is 0.617. The highest BCUT2D eigenvalue weighted by atomic mass is 16.6. The van der Waals surface area contributed by atoms with E-state index in [-0.39, 0.29) is 11.6 Å². The van der Waals surface area contributed by atoms with E-state index in [0.717, 1.165) is 11.1 Å². The molecule has 0 aliphatic heterocycles. The van der Waals surface area contributed by atoms with E-state index in [1.54, 1.807) is 30.3 Å². The molecular formula is C11H8N2O3. The number of nitro groups is 1. The highest BCUT2D eigenvalue weighted by Gasteiger charge is 2.07. The average molecular weight is 216 g/mol. The Morgan fingerprint density at radius 1 is 1.19 bits per heavy atom. The van der Waals surface area contributed by atoms with Crippen LogP contribution in [0.3, 0.4) is 0 Å². The lowest BCUT2D eigenvalue weighted by molar-refractivity contribution is -0.389. The molecule has 0 aliphatic rings. The number of pyridine rings is 1. The summed E-state index contributed by atoms with van der Waals surface area (Å²) >= 11 is 0. The molecule has 5 heteroatoms. The van der Waals surface area contributed by atoms with Crippen molar-refractivity contribution in [2.45, 2.75) is 0 Å². The highest BCUT2D eigenvalue weighted by Crippen LogP contribution is 2.23. The summed E-state index contributed by atoms with van der Waals surface area (Å²) in [6, 6.07) is 9.55.